The lowest BCUT2D eigenvalue weighted by molar-refractivity contribution is -0.131. The van der Waals surface area contributed by atoms with E-state index in [0.717, 1.165) is 36.9 Å². The fourth-order valence-electron chi connectivity index (χ4n) is 2.59. The van der Waals surface area contributed by atoms with Gasteiger partial charge in [-0.1, -0.05) is 12.1 Å². The van der Waals surface area contributed by atoms with Crippen LogP contribution in [0, 0.1) is 0 Å². The number of hydrogen-bond acceptors (Lipinski definition) is 5. The van der Waals surface area contributed by atoms with Crippen LogP contribution in [0.4, 0.5) is 5.13 Å². The summed E-state index contributed by atoms with van der Waals surface area (Å²) in [7, 11) is 0. The molecule has 1 aliphatic rings. The fraction of sp³-hybridized carbons (Fsp3) is 0.375. The fourth-order valence-corrected chi connectivity index (χ4v) is 3.29. The Hall–Kier alpha value is -2.08. The number of rotatable bonds is 4. The second-order valence-corrected chi connectivity index (χ2v) is 6.22. The van der Waals surface area contributed by atoms with Crippen LogP contribution in [-0.4, -0.2) is 47.1 Å². The molecule has 1 aliphatic heterocycles. The molecular weight excluding hydrogens is 298 g/mol. The predicted octanol–water partition coefficient (Wildman–Crippen LogP) is 2.13. The van der Waals surface area contributed by atoms with Crippen molar-refractivity contribution in [2.45, 2.75) is 12.8 Å². The average molecular weight is 317 g/mol. The number of anilines is 1. The van der Waals surface area contributed by atoms with Gasteiger partial charge in [-0.05, 0) is 24.1 Å². The average Bonchev–Trinajstić information content (AvgIpc) is 3.09. The third-order valence-electron chi connectivity index (χ3n) is 3.89. The number of carbonyl (C=O) groups excluding carboxylic acids is 1. The highest BCUT2D eigenvalue weighted by molar-refractivity contribution is 7.13. The van der Waals surface area contributed by atoms with Crippen LogP contribution in [-0.2, 0) is 11.2 Å². The van der Waals surface area contributed by atoms with Crippen molar-refractivity contribution in [1.29, 1.82) is 0 Å². The molecule has 2 aromatic rings. The number of thiazole rings is 1. The summed E-state index contributed by atoms with van der Waals surface area (Å²) in [4.78, 5) is 20.8. The van der Waals surface area contributed by atoms with Crippen molar-refractivity contribution in [3.8, 4) is 5.75 Å². The number of phenolic OH excluding ortho intramolecular Hbond substituents is 1. The Morgan fingerprint density at radius 1 is 1.18 bits per heavy atom. The van der Waals surface area contributed by atoms with Crippen molar-refractivity contribution < 1.29 is 9.90 Å². The second-order valence-electron chi connectivity index (χ2n) is 5.35. The molecule has 2 heterocycles. The summed E-state index contributed by atoms with van der Waals surface area (Å²) in [6.07, 6.45) is 3.04. The lowest BCUT2D eigenvalue weighted by Crippen LogP contribution is -2.48. The first-order chi connectivity index (χ1) is 10.7. The predicted molar refractivity (Wildman–Crippen MR) is 87.3 cm³/mol. The van der Waals surface area contributed by atoms with E-state index in [1.807, 2.05) is 28.6 Å². The van der Waals surface area contributed by atoms with Gasteiger partial charge >= 0.3 is 0 Å². The number of aromatic nitrogens is 1. The van der Waals surface area contributed by atoms with Gasteiger partial charge in [0.15, 0.2) is 5.13 Å². The number of carbonyl (C=O) groups is 1. The van der Waals surface area contributed by atoms with Gasteiger partial charge in [0, 0.05) is 44.2 Å². The molecule has 1 N–H and O–H groups in total. The van der Waals surface area contributed by atoms with Crippen molar-refractivity contribution in [3.05, 3.63) is 41.4 Å². The molecule has 116 valence electrons. The Bertz CT molecular complexity index is 605. The van der Waals surface area contributed by atoms with Crippen molar-refractivity contribution in [3.63, 3.8) is 0 Å². The van der Waals surface area contributed by atoms with E-state index in [9.17, 15) is 9.90 Å². The molecular formula is C16H19N3O2S. The number of piperazine rings is 1. The van der Waals surface area contributed by atoms with Crippen LogP contribution in [0.3, 0.4) is 0 Å². The molecule has 1 aromatic heterocycles. The SMILES string of the molecule is O=C(CCc1ccc(O)cc1)N1CCN(c2nccs2)CC1. The molecule has 0 unspecified atom stereocenters. The van der Waals surface area contributed by atoms with Crippen LogP contribution in [0.1, 0.15) is 12.0 Å². The Balaban J connectivity index is 1.46. The molecule has 0 spiro atoms. The highest BCUT2D eigenvalue weighted by Gasteiger charge is 2.21. The molecule has 1 saturated heterocycles. The molecule has 0 atom stereocenters. The summed E-state index contributed by atoms with van der Waals surface area (Å²) in [6.45, 7) is 3.21. The number of amides is 1. The van der Waals surface area contributed by atoms with E-state index in [2.05, 4.69) is 9.88 Å². The van der Waals surface area contributed by atoms with E-state index < -0.39 is 0 Å². The normalized spacial score (nSPS) is 15.1. The number of aromatic hydroxyl groups is 1. The summed E-state index contributed by atoms with van der Waals surface area (Å²) in [6, 6.07) is 7.05. The lowest BCUT2D eigenvalue weighted by atomic mass is 10.1. The zero-order chi connectivity index (χ0) is 15.4. The highest BCUT2D eigenvalue weighted by Crippen LogP contribution is 2.19. The van der Waals surface area contributed by atoms with Crippen LogP contribution in [0.2, 0.25) is 0 Å². The van der Waals surface area contributed by atoms with Gasteiger partial charge in [0.2, 0.25) is 5.91 Å². The first kappa shape index (κ1) is 14.8. The lowest BCUT2D eigenvalue weighted by Gasteiger charge is -2.34. The van der Waals surface area contributed by atoms with E-state index >= 15 is 0 Å². The van der Waals surface area contributed by atoms with Crippen molar-refractivity contribution in [2.75, 3.05) is 31.1 Å². The molecule has 0 aliphatic carbocycles. The van der Waals surface area contributed by atoms with Crippen LogP contribution < -0.4 is 4.90 Å². The maximum absolute atomic E-state index is 12.3. The van der Waals surface area contributed by atoms with Gasteiger partial charge in [-0.15, -0.1) is 11.3 Å². The smallest absolute Gasteiger partial charge is 0.223 e. The first-order valence-electron chi connectivity index (χ1n) is 7.42. The third kappa shape index (κ3) is 3.57. The van der Waals surface area contributed by atoms with E-state index in [1.165, 1.54) is 0 Å². The van der Waals surface area contributed by atoms with Crippen LogP contribution in [0.25, 0.3) is 0 Å². The molecule has 0 bridgehead atoms. The number of hydrogen-bond donors (Lipinski definition) is 1. The minimum Gasteiger partial charge on any atom is -0.508 e. The van der Waals surface area contributed by atoms with E-state index in [-0.39, 0.29) is 11.7 Å². The summed E-state index contributed by atoms with van der Waals surface area (Å²) in [5, 5.41) is 12.3. The number of benzene rings is 1. The zero-order valence-corrected chi connectivity index (χ0v) is 13.1. The van der Waals surface area contributed by atoms with E-state index in [4.69, 9.17) is 0 Å². The Labute approximate surface area is 133 Å². The topological polar surface area (TPSA) is 56.7 Å². The Kier molecular flexibility index (Phi) is 4.58. The molecule has 0 radical (unpaired) electrons. The third-order valence-corrected chi connectivity index (χ3v) is 4.72. The Morgan fingerprint density at radius 3 is 2.55 bits per heavy atom. The van der Waals surface area contributed by atoms with E-state index in [0.29, 0.717) is 12.8 Å². The first-order valence-corrected chi connectivity index (χ1v) is 8.30. The molecule has 0 saturated carbocycles. The van der Waals surface area contributed by atoms with Gasteiger partial charge in [-0.2, -0.15) is 0 Å². The molecule has 1 amide bonds. The van der Waals surface area contributed by atoms with Gasteiger partial charge in [-0.25, -0.2) is 4.98 Å². The second kappa shape index (κ2) is 6.79. The minimum atomic E-state index is 0.201. The van der Waals surface area contributed by atoms with Gasteiger partial charge < -0.3 is 14.9 Å². The van der Waals surface area contributed by atoms with Crippen LogP contribution in [0.5, 0.6) is 5.75 Å². The van der Waals surface area contributed by atoms with Gasteiger partial charge in [0.25, 0.3) is 0 Å². The molecule has 1 aromatic carbocycles. The number of aryl methyl sites for hydroxylation is 1. The van der Waals surface area contributed by atoms with E-state index in [1.54, 1.807) is 23.5 Å². The maximum Gasteiger partial charge on any atom is 0.223 e. The quantitative estimate of drug-likeness (QED) is 0.938. The maximum atomic E-state index is 12.3. The monoisotopic (exact) mass is 317 g/mol. The number of phenols is 1. The van der Waals surface area contributed by atoms with Gasteiger partial charge in [-0.3, -0.25) is 4.79 Å². The number of nitrogens with zero attached hydrogens (tertiary/aromatic N) is 3. The van der Waals surface area contributed by atoms with Crippen LogP contribution >= 0.6 is 11.3 Å². The molecule has 22 heavy (non-hydrogen) atoms. The van der Waals surface area contributed by atoms with Crippen molar-refractivity contribution >= 4 is 22.4 Å². The van der Waals surface area contributed by atoms with Gasteiger partial charge in [0.05, 0.1) is 0 Å². The minimum absolute atomic E-state index is 0.201. The zero-order valence-electron chi connectivity index (χ0n) is 12.3. The highest BCUT2D eigenvalue weighted by atomic mass is 32.1. The summed E-state index contributed by atoms with van der Waals surface area (Å²) in [5.41, 5.74) is 1.08. The summed E-state index contributed by atoms with van der Waals surface area (Å²) >= 11 is 1.64. The molecule has 1 fully saturated rings. The summed E-state index contributed by atoms with van der Waals surface area (Å²) < 4.78 is 0. The molecule has 6 heteroatoms. The Morgan fingerprint density at radius 2 is 1.91 bits per heavy atom. The standard InChI is InChI=1S/C16H19N3O2S/c20-14-4-1-13(2-5-14)3-6-15(21)18-8-10-19(11-9-18)16-17-7-12-22-16/h1-2,4-5,7,12,20H,3,6,8-11H2. The van der Waals surface area contributed by atoms with Crippen molar-refractivity contribution in [1.82, 2.24) is 9.88 Å². The molecule has 5 nitrogen and oxygen atoms in total. The largest absolute Gasteiger partial charge is 0.508 e. The van der Waals surface area contributed by atoms with Crippen LogP contribution in [0.15, 0.2) is 35.8 Å². The van der Waals surface area contributed by atoms with Crippen molar-refractivity contribution in [2.24, 2.45) is 0 Å². The molecule has 3 rings (SSSR count). The summed E-state index contributed by atoms with van der Waals surface area (Å²) in [5.74, 6) is 0.459. The van der Waals surface area contributed by atoms with Gasteiger partial charge in [0.1, 0.15) is 5.75 Å².